The second kappa shape index (κ2) is 8.44. The Hall–Kier alpha value is -2.92. The van der Waals surface area contributed by atoms with E-state index in [0.717, 1.165) is 0 Å². The van der Waals surface area contributed by atoms with Crippen molar-refractivity contribution in [3.05, 3.63) is 83.4 Å². The van der Waals surface area contributed by atoms with Crippen molar-refractivity contribution in [3.63, 3.8) is 0 Å². The number of hydrogen-bond donors (Lipinski definition) is 3. The van der Waals surface area contributed by atoms with Crippen LogP contribution in [-0.2, 0) is 20.0 Å². The zero-order chi connectivity index (χ0) is 21.9. The Bertz CT molecular complexity index is 1290. The molecule has 0 heterocycles. The maximum atomic E-state index is 12.5. The predicted molar refractivity (Wildman–Crippen MR) is 114 cm³/mol. The number of sulfonamides is 2. The van der Waals surface area contributed by atoms with Gasteiger partial charge in [0.1, 0.15) is 0 Å². The lowest BCUT2D eigenvalue weighted by Gasteiger charge is -2.10. The van der Waals surface area contributed by atoms with E-state index in [1.807, 2.05) is 0 Å². The Morgan fingerprint density at radius 2 is 1.43 bits per heavy atom. The van der Waals surface area contributed by atoms with Crippen LogP contribution in [0, 0.1) is 0 Å². The van der Waals surface area contributed by atoms with Crippen molar-refractivity contribution in [2.75, 3.05) is 10.0 Å². The highest BCUT2D eigenvalue weighted by atomic mass is 35.5. The predicted octanol–water partition coefficient (Wildman–Crippen LogP) is 3.04. The molecule has 1 amide bonds. The molecule has 0 aliphatic carbocycles. The van der Waals surface area contributed by atoms with E-state index in [1.54, 1.807) is 12.1 Å². The number of carbonyl (C=O) groups excluding carboxylic acids is 1. The zero-order valence-electron chi connectivity index (χ0n) is 15.2. The van der Waals surface area contributed by atoms with Gasteiger partial charge in [0.15, 0.2) is 0 Å². The molecule has 0 spiro atoms. The van der Waals surface area contributed by atoms with Crippen LogP contribution < -0.4 is 15.2 Å². The molecule has 3 rings (SSSR count). The maximum Gasteiger partial charge on any atom is 0.261 e. The fraction of sp³-hybridized carbons (Fsp3) is 0. The molecule has 0 saturated heterocycles. The topological polar surface area (TPSA) is 135 Å². The lowest BCUT2D eigenvalue weighted by Crippen LogP contribution is -2.15. The smallest absolute Gasteiger partial charge is 0.261 e. The van der Waals surface area contributed by atoms with Crippen LogP contribution in [0.15, 0.2) is 82.6 Å². The molecule has 3 aromatic carbocycles. The van der Waals surface area contributed by atoms with Crippen molar-refractivity contribution in [2.45, 2.75) is 9.79 Å². The Balaban J connectivity index is 1.75. The van der Waals surface area contributed by atoms with Crippen LogP contribution in [0.5, 0.6) is 0 Å². The van der Waals surface area contributed by atoms with Crippen LogP contribution in [0.25, 0.3) is 0 Å². The normalized spacial score (nSPS) is 11.7. The first kappa shape index (κ1) is 21.8. The van der Waals surface area contributed by atoms with Gasteiger partial charge >= 0.3 is 0 Å². The third kappa shape index (κ3) is 5.36. The molecule has 4 N–H and O–H groups in total. The fourth-order valence-corrected chi connectivity index (χ4v) is 4.22. The summed E-state index contributed by atoms with van der Waals surface area (Å²) in [6, 6.07) is 16.9. The monoisotopic (exact) mass is 465 g/mol. The number of amides is 1. The molecule has 156 valence electrons. The van der Waals surface area contributed by atoms with E-state index in [-0.39, 0.29) is 21.0 Å². The molecule has 0 aliphatic rings. The summed E-state index contributed by atoms with van der Waals surface area (Å²) in [6.07, 6.45) is 0. The minimum Gasteiger partial charge on any atom is -0.322 e. The van der Waals surface area contributed by atoms with E-state index in [4.69, 9.17) is 16.7 Å². The van der Waals surface area contributed by atoms with E-state index in [2.05, 4.69) is 10.0 Å². The lowest BCUT2D eigenvalue weighted by molar-refractivity contribution is 0.102. The highest BCUT2D eigenvalue weighted by molar-refractivity contribution is 7.92. The minimum absolute atomic E-state index is 0.0368. The van der Waals surface area contributed by atoms with Gasteiger partial charge in [0.05, 0.1) is 9.79 Å². The molecule has 0 aliphatic heterocycles. The molecule has 0 unspecified atom stereocenters. The van der Waals surface area contributed by atoms with E-state index >= 15 is 0 Å². The highest BCUT2D eigenvalue weighted by Crippen LogP contribution is 2.20. The molecular weight excluding hydrogens is 450 g/mol. The van der Waals surface area contributed by atoms with Gasteiger partial charge in [-0.15, -0.1) is 0 Å². The Morgan fingerprint density at radius 3 is 2.03 bits per heavy atom. The number of hydrogen-bond acceptors (Lipinski definition) is 5. The number of rotatable bonds is 6. The van der Waals surface area contributed by atoms with Crippen LogP contribution >= 0.6 is 11.6 Å². The summed E-state index contributed by atoms with van der Waals surface area (Å²) >= 11 is 5.78. The van der Waals surface area contributed by atoms with Crippen LogP contribution in [-0.4, -0.2) is 22.7 Å². The average molecular weight is 466 g/mol. The van der Waals surface area contributed by atoms with Crippen molar-refractivity contribution in [1.29, 1.82) is 0 Å². The third-order valence-electron chi connectivity index (χ3n) is 3.94. The standard InChI is InChI=1S/C19H16ClN3O5S2/c20-14-6-8-15(9-7-14)23-30(27,28)17-10-4-13(5-11-17)19(24)22-16-2-1-3-18(12-16)29(21,25)26/h1-12,23H,(H,22,24)(H2,21,25,26). The molecule has 3 aromatic rings. The average Bonchev–Trinajstić information content (AvgIpc) is 2.69. The molecule has 11 heteroatoms. The summed E-state index contributed by atoms with van der Waals surface area (Å²) in [6.45, 7) is 0. The summed E-state index contributed by atoms with van der Waals surface area (Å²) in [5, 5.41) is 8.09. The van der Waals surface area contributed by atoms with Crippen molar-refractivity contribution in [2.24, 2.45) is 5.14 Å². The first-order valence-corrected chi connectivity index (χ1v) is 11.8. The van der Waals surface area contributed by atoms with Crippen LogP contribution in [0.2, 0.25) is 5.02 Å². The number of nitrogens with one attached hydrogen (secondary N) is 2. The molecule has 0 aromatic heterocycles. The van der Waals surface area contributed by atoms with E-state index in [9.17, 15) is 21.6 Å². The van der Waals surface area contributed by atoms with Crippen LogP contribution in [0.1, 0.15) is 10.4 Å². The summed E-state index contributed by atoms with van der Waals surface area (Å²) in [5.74, 6) is -0.545. The third-order valence-corrected chi connectivity index (χ3v) is 6.50. The SMILES string of the molecule is NS(=O)(=O)c1cccc(NC(=O)c2ccc(S(=O)(=O)Nc3ccc(Cl)cc3)cc2)c1. The molecule has 0 fully saturated rings. The van der Waals surface area contributed by atoms with E-state index in [0.29, 0.717) is 10.7 Å². The number of primary sulfonamides is 1. The number of carbonyl (C=O) groups is 1. The first-order valence-electron chi connectivity index (χ1n) is 8.37. The van der Waals surface area contributed by atoms with Gasteiger partial charge in [0.25, 0.3) is 15.9 Å². The highest BCUT2D eigenvalue weighted by Gasteiger charge is 2.16. The Kier molecular flexibility index (Phi) is 6.13. The van der Waals surface area contributed by atoms with Gasteiger partial charge in [-0.2, -0.15) is 0 Å². The maximum absolute atomic E-state index is 12.5. The minimum atomic E-state index is -3.91. The number of nitrogens with two attached hydrogens (primary N) is 1. The van der Waals surface area contributed by atoms with Crippen molar-refractivity contribution in [1.82, 2.24) is 0 Å². The molecule has 8 nitrogen and oxygen atoms in total. The molecule has 30 heavy (non-hydrogen) atoms. The fourth-order valence-electron chi connectivity index (χ4n) is 2.47. The second-order valence-corrected chi connectivity index (χ2v) is 9.84. The molecule has 0 saturated carbocycles. The summed E-state index contributed by atoms with van der Waals surface area (Å²) in [5.41, 5.74) is 0.755. The van der Waals surface area contributed by atoms with Crippen LogP contribution in [0.4, 0.5) is 11.4 Å². The van der Waals surface area contributed by atoms with Gasteiger partial charge in [-0.3, -0.25) is 9.52 Å². The zero-order valence-corrected chi connectivity index (χ0v) is 17.6. The molecule has 0 radical (unpaired) electrons. The van der Waals surface area contributed by atoms with Crippen molar-refractivity contribution < 1.29 is 21.6 Å². The second-order valence-electron chi connectivity index (χ2n) is 6.16. The quantitative estimate of drug-likeness (QED) is 0.514. The number of anilines is 2. The summed E-state index contributed by atoms with van der Waals surface area (Å²) in [4.78, 5) is 12.2. The van der Waals surface area contributed by atoms with Gasteiger partial charge < -0.3 is 5.32 Å². The van der Waals surface area contributed by atoms with Gasteiger partial charge in [-0.1, -0.05) is 17.7 Å². The Morgan fingerprint density at radius 1 is 0.800 bits per heavy atom. The largest absolute Gasteiger partial charge is 0.322 e. The number of benzene rings is 3. The molecule has 0 bridgehead atoms. The van der Waals surface area contributed by atoms with Gasteiger partial charge in [-0.05, 0) is 66.7 Å². The Labute approximate surface area is 178 Å². The number of halogens is 1. The summed E-state index contributed by atoms with van der Waals surface area (Å²) in [7, 11) is -7.76. The molecular formula is C19H16ClN3O5S2. The van der Waals surface area contributed by atoms with E-state index < -0.39 is 26.0 Å². The van der Waals surface area contributed by atoms with Gasteiger partial charge in [0, 0.05) is 22.0 Å². The van der Waals surface area contributed by atoms with E-state index in [1.165, 1.54) is 60.7 Å². The van der Waals surface area contributed by atoms with Gasteiger partial charge in [-0.25, -0.2) is 22.0 Å². The van der Waals surface area contributed by atoms with Gasteiger partial charge in [0.2, 0.25) is 10.0 Å². The first-order chi connectivity index (χ1) is 14.0. The van der Waals surface area contributed by atoms with Crippen LogP contribution in [0.3, 0.4) is 0 Å². The summed E-state index contributed by atoms with van der Waals surface area (Å²) < 4.78 is 50.2. The molecule has 0 atom stereocenters. The van der Waals surface area contributed by atoms with Crippen molar-refractivity contribution >= 4 is 48.9 Å². The van der Waals surface area contributed by atoms with Crippen molar-refractivity contribution in [3.8, 4) is 0 Å². The lowest BCUT2D eigenvalue weighted by atomic mass is 10.2.